The van der Waals surface area contributed by atoms with E-state index in [4.69, 9.17) is 5.73 Å². The summed E-state index contributed by atoms with van der Waals surface area (Å²) < 4.78 is 0. The summed E-state index contributed by atoms with van der Waals surface area (Å²) in [4.78, 5) is 13.8. The molecule has 3 N–H and O–H groups in total. The van der Waals surface area contributed by atoms with Crippen LogP contribution in [0, 0.1) is 18.8 Å². The Labute approximate surface area is 122 Å². The number of hydrogen-bond donors (Lipinski definition) is 2. The van der Waals surface area contributed by atoms with Gasteiger partial charge in [0.2, 0.25) is 0 Å². The molecule has 1 aromatic heterocycles. The Balaban J connectivity index is 1.92. The van der Waals surface area contributed by atoms with E-state index in [1.165, 1.54) is 11.3 Å². The lowest BCUT2D eigenvalue weighted by Gasteiger charge is -2.04. The summed E-state index contributed by atoms with van der Waals surface area (Å²) >= 11 is 1.50. The van der Waals surface area contributed by atoms with Crippen molar-refractivity contribution in [3.63, 3.8) is 0 Å². The van der Waals surface area contributed by atoms with Crippen LogP contribution in [0.1, 0.15) is 25.7 Å². The summed E-state index contributed by atoms with van der Waals surface area (Å²) in [5.74, 6) is 5.74. The molecular weight excluding hydrogens is 268 g/mol. The highest BCUT2D eigenvalue weighted by Crippen LogP contribution is 2.14. The summed E-state index contributed by atoms with van der Waals surface area (Å²) in [5.41, 5.74) is 7.30. The van der Waals surface area contributed by atoms with Crippen LogP contribution in [0.3, 0.4) is 0 Å². The van der Waals surface area contributed by atoms with Gasteiger partial charge in [-0.1, -0.05) is 24.0 Å². The fourth-order valence-corrected chi connectivity index (χ4v) is 2.47. The molecule has 0 aliphatic rings. The molecule has 1 aromatic carbocycles. The molecule has 4 heteroatoms. The number of amides is 1. The number of thiophene rings is 1. The second-order valence-corrected chi connectivity index (χ2v) is 5.58. The van der Waals surface area contributed by atoms with Gasteiger partial charge < -0.3 is 11.1 Å². The highest BCUT2D eigenvalue weighted by molar-refractivity contribution is 7.13. The molecular formula is C16H16N2OS. The first-order chi connectivity index (χ1) is 9.69. The zero-order chi connectivity index (χ0) is 14.4. The Morgan fingerprint density at radius 3 is 2.60 bits per heavy atom. The number of carbonyl (C=O) groups excluding carboxylic acids is 1. The van der Waals surface area contributed by atoms with E-state index in [1.54, 1.807) is 0 Å². The van der Waals surface area contributed by atoms with Crippen LogP contribution in [0.2, 0.25) is 0 Å². The van der Waals surface area contributed by atoms with Crippen molar-refractivity contribution >= 4 is 17.2 Å². The molecule has 0 aliphatic carbocycles. The third kappa shape index (κ3) is 3.95. The Bertz CT molecular complexity index is 647. The number of rotatable bonds is 3. The average Bonchev–Trinajstić information content (AvgIpc) is 2.90. The van der Waals surface area contributed by atoms with Gasteiger partial charge in [-0.3, -0.25) is 4.79 Å². The molecule has 0 spiro atoms. The molecule has 0 aliphatic heterocycles. The first kappa shape index (κ1) is 14.3. The second-order valence-electron chi connectivity index (χ2n) is 4.30. The van der Waals surface area contributed by atoms with E-state index in [2.05, 4.69) is 17.2 Å². The Morgan fingerprint density at radius 1 is 1.25 bits per heavy atom. The fraction of sp³-hybridized carbons (Fsp3) is 0.188. The second kappa shape index (κ2) is 6.90. The first-order valence-corrected chi connectivity index (χ1v) is 7.13. The number of carbonyl (C=O) groups is 1. The van der Waals surface area contributed by atoms with Crippen molar-refractivity contribution < 1.29 is 4.79 Å². The molecule has 0 atom stereocenters. The monoisotopic (exact) mass is 284 g/mol. The van der Waals surface area contributed by atoms with E-state index in [-0.39, 0.29) is 5.91 Å². The maximum absolute atomic E-state index is 11.9. The summed E-state index contributed by atoms with van der Waals surface area (Å²) in [5, 5.41) is 2.91. The molecule has 0 fully saturated rings. The maximum atomic E-state index is 11.9. The van der Waals surface area contributed by atoms with E-state index in [1.807, 2.05) is 43.3 Å². The molecule has 0 saturated carbocycles. The molecule has 0 saturated heterocycles. The summed E-state index contributed by atoms with van der Waals surface area (Å²) in [6, 6.07) is 11.6. The van der Waals surface area contributed by atoms with Gasteiger partial charge >= 0.3 is 0 Å². The molecule has 1 amide bonds. The summed E-state index contributed by atoms with van der Waals surface area (Å²) in [6.45, 7) is 2.86. The van der Waals surface area contributed by atoms with Gasteiger partial charge in [-0.15, -0.1) is 11.3 Å². The maximum Gasteiger partial charge on any atom is 0.261 e. The third-order valence-corrected chi connectivity index (χ3v) is 3.71. The molecule has 2 aromatic rings. The number of benzene rings is 1. The highest BCUT2D eigenvalue weighted by atomic mass is 32.1. The van der Waals surface area contributed by atoms with Crippen molar-refractivity contribution in [3.05, 3.63) is 57.3 Å². The Hall–Kier alpha value is -2.09. The lowest BCUT2D eigenvalue weighted by molar-refractivity contribution is 0.0955. The summed E-state index contributed by atoms with van der Waals surface area (Å²) in [7, 11) is 0. The zero-order valence-corrected chi connectivity index (χ0v) is 12.1. The molecule has 0 unspecified atom stereocenters. The molecule has 2 rings (SSSR count). The van der Waals surface area contributed by atoms with Crippen molar-refractivity contribution in [1.29, 1.82) is 0 Å². The lowest BCUT2D eigenvalue weighted by atomic mass is 10.1. The van der Waals surface area contributed by atoms with Crippen LogP contribution < -0.4 is 11.1 Å². The third-order valence-electron chi connectivity index (χ3n) is 2.71. The van der Waals surface area contributed by atoms with E-state index >= 15 is 0 Å². The quantitative estimate of drug-likeness (QED) is 0.850. The van der Waals surface area contributed by atoms with E-state index < -0.39 is 0 Å². The van der Waals surface area contributed by atoms with Gasteiger partial charge in [0, 0.05) is 17.0 Å². The van der Waals surface area contributed by atoms with Gasteiger partial charge in [-0.25, -0.2) is 0 Å². The normalized spacial score (nSPS) is 9.70. The van der Waals surface area contributed by atoms with E-state index in [9.17, 15) is 4.79 Å². The van der Waals surface area contributed by atoms with Crippen LogP contribution >= 0.6 is 11.3 Å². The molecule has 20 heavy (non-hydrogen) atoms. The van der Waals surface area contributed by atoms with Crippen LogP contribution in [-0.2, 0) is 6.54 Å². The van der Waals surface area contributed by atoms with Crippen LogP contribution in [0.25, 0.3) is 0 Å². The van der Waals surface area contributed by atoms with Crippen LogP contribution in [0.5, 0.6) is 0 Å². The highest BCUT2D eigenvalue weighted by Gasteiger charge is 2.07. The van der Waals surface area contributed by atoms with Gasteiger partial charge in [0.1, 0.15) is 0 Å². The van der Waals surface area contributed by atoms with Gasteiger partial charge in [0.25, 0.3) is 5.91 Å². The molecule has 3 nitrogen and oxygen atoms in total. The van der Waals surface area contributed by atoms with Gasteiger partial charge in [0.15, 0.2) is 0 Å². The molecule has 102 valence electrons. The average molecular weight is 284 g/mol. The minimum absolute atomic E-state index is 0.0323. The lowest BCUT2D eigenvalue weighted by Crippen LogP contribution is -2.21. The zero-order valence-electron chi connectivity index (χ0n) is 11.3. The number of nitrogens with two attached hydrogens (primary N) is 1. The van der Waals surface area contributed by atoms with Gasteiger partial charge in [0.05, 0.1) is 11.4 Å². The van der Waals surface area contributed by atoms with Crippen LogP contribution in [0.15, 0.2) is 36.4 Å². The first-order valence-electron chi connectivity index (χ1n) is 6.31. The topological polar surface area (TPSA) is 55.1 Å². The SMILES string of the molecule is Cc1ccc(C(=O)NCc2ccc(C#CCN)cc2)s1. The van der Waals surface area contributed by atoms with Gasteiger partial charge in [-0.2, -0.15) is 0 Å². The van der Waals surface area contributed by atoms with Crippen molar-refractivity contribution in [2.75, 3.05) is 6.54 Å². The molecule has 0 radical (unpaired) electrons. The van der Waals surface area contributed by atoms with Gasteiger partial charge in [-0.05, 0) is 36.8 Å². The van der Waals surface area contributed by atoms with Crippen molar-refractivity contribution in [2.24, 2.45) is 5.73 Å². The van der Waals surface area contributed by atoms with E-state index in [0.717, 1.165) is 20.9 Å². The van der Waals surface area contributed by atoms with E-state index in [0.29, 0.717) is 13.1 Å². The molecule has 0 bridgehead atoms. The minimum Gasteiger partial charge on any atom is -0.347 e. The Morgan fingerprint density at radius 2 is 2.00 bits per heavy atom. The largest absolute Gasteiger partial charge is 0.347 e. The van der Waals surface area contributed by atoms with Crippen molar-refractivity contribution in [2.45, 2.75) is 13.5 Å². The van der Waals surface area contributed by atoms with Crippen LogP contribution in [-0.4, -0.2) is 12.5 Å². The van der Waals surface area contributed by atoms with Crippen LogP contribution in [0.4, 0.5) is 0 Å². The predicted octanol–water partition coefficient (Wildman–Crippen LogP) is 2.30. The standard InChI is InChI=1S/C16H16N2OS/c1-12-4-9-15(20-12)16(19)18-11-14-7-5-13(6-8-14)3-2-10-17/h4-9H,10-11,17H2,1H3,(H,18,19). The number of nitrogens with one attached hydrogen (secondary N) is 1. The molecule has 1 heterocycles. The fourth-order valence-electron chi connectivity index (χ4n) is 1.69. The van der Waals surface area contributed by atoms with Crippen molar-refractivity contribution in [1.82, 2.24) is 5.32 Å². The minimum atomic E-state index is -0.0323. The number of aryl methyl sites for hydroxylation is 1. The smallest absolute Gasteiger partial charge is 0.261 e. The van der Waals surface area contributed by atoms with Crippen molar-refractivity contribution in [3.8, 4) is 11.8 Å². The Kier molecular flexibility index (Phi) is 4.94. The predicted molar refractivity (Wildman–Crippen MR) is 82.6 cm³/mol. The number of hydrogen-bond acceptors (Lipinski definition) is 3. The summed E-state index contributed by atoms with van der Waals surface area (Å²) in [6.07, 6.45) is 0.